The maximum absolute atomic E-state index is 10.2. The van der Waals surface area contributed by atoms with Crippen molar-refractivity contribution in [2.24, 2.45) is 0 Å². The third-order valence-corrected chi connectivity index (χ3v) is 1.87. The number of phenolic OH excluding ortho intramolecular Hbond substituents is 1. The third kappa shape index (κ3) is 2.49. The molecule has 0 saturated carbocycles. The summed E-state index contributed by atoms with van der Waals surface area (Å²) in [6.45, 7) is 0. The van der Waals surface area contributed by atoms with Gasteiger partial charge in [-0.1, -0.05) is 6.08 Å². The second kappa shape index (κ2) is 5.05. The van der Waals surface area contributed by atoms with Crippen LogP contribution in [0.2, 0.25) is 0 Å². The van der Waals surface area contributed by atoms with E-state index in [9.17, 15) is 9.90 Å². The number of benzene rings is 1. The molecule has 0 amide bonds. The summed E-state index contributed by atoms with van der Waals surface area (Å²) in [5.41, 5.74) is 0.716. The predicted molar refractivity (Wildman–Crippen MR) is 56.3 cm³/mol. The van der Waals surface area contributed by atoms with Crippen molar-refractivity contribution in [2.45, 2.75) is 0 Å². The van der Waals surface area contributed by atoms with Crippen molar-refractivity contribution >= 4 is 12.4 Å². The fraction of sp³-hybridized carbons (Fsp3) is 0.182. The monoisotopic (exact) mass is 208 g/mol. The maximum atomic E-state index is 10.2. The van der Waals surface area contributed by atoms with Gasteiger partial charge in [0.1, 0.15) is 6.29 Å². The van der Waals surface area contributed by atoms with Crippen LogP contribution in [0.15, 0.2) is 18.2 Å². The Morgan fingerprint density at radius 3 is 2.13 bits per heavy atom. The van der Waals surface area contributed by atoms with Gasteiger partial charge in [-0.05, 0) is 23.8 Å². The van der Waals surface area contributed by atoms with Crippen molar-refractivity contribution in [3.63, 3.8) is 0 Å². The summed E-state index contributed by atoms with van der Waals surface area (Å²) < 4.78 is 9.91. The van der Waals surface area contributed by atoms with Crippen LogP contribution in [-0.2, 0) is 4.79 Å². The SMILES string of the molecule is COc1cc(/C=C/C=O)cc(OC)c1O. The van der Waals surface area contributed by atoms with E-state index in [0.717, 1.165) is 0 Å². The highest BCUT2D eigenvalue weighted by Crippen LogP contribution is 2.37. The standard InChI is InChI=1S/C11H12O4/c1-14-9-6-8(4-3-5-12)7-10(15-2)11(9)13/h3-7,13H,1-2H3/b4-3+. The zero-order valence-electron chi connectivity index (χ0n) is 8.56. The molecule has 0 aliphatic carbocycles. The molecule has 1 aromatic rings. The molecule has 4 nitrogen and oxygen atoms in total. The number of ether oxygens (including phenoxy) is 2. The van der Waals surface area contributed by atoms with Gasteiger partial charge >= 0.3 is 0 Å². The minimum absolute atomic E-state index is 0.0525. The van der Waals surface area contributed by atoms with Crippen LogP contribution in [-0.4, -0.2) is 25.6 Å². The Kier molecular flexibility index (Phi) is 3.74. The summed E-state index contributed by atoms with van der Waals surface area (Å²) in [5, 5.41) is 9.60. The number of rotatable bonds is 4. The number of allylic oxidation sites excluding steroid dienone is 1. The number of aldehydes is 1. The lowest BCUT2D eigenvalue weighted by molar-refractivity contribution is -0.104. The Morgan fingerprint density at radius 1 is 1.20 bits per heavy atom. The van der Waals surface area contributed by atoms with Crippen molar-refractivity contribution < 1.29 is 19.4 Å². The Hall–Kier alpha value is -1.97. The minimum Gasteiger partial charge on any atom is -0.502 e. The largest absolute Gasteiger partial charge is 0.502 e. The fourth-order valence-electron chi connectivity index (χ4n) is 1.16. The van der Waals surface area contributed by atoms with Gasteiger partial charge in [-0.25, -0.2) is 0 Å². The van der Waals surface area contributed by atoms with E-state index in [2.05, 4.69) is 0 Å². The number of carbonyl (C=O) groups excluding carboxylic acids is 1. The van der Waals surface area contributed by atoms with E-state index >= 15 is 0 Å². The zero-order chi connectivity index (χ0) is 11.3. The zero-order valence-corrected chi connectivity index (χ0v) is 8.56. The van der Waals surface area contributed by atoms with Gasteiger partial charge in [0.2, 0.25) is 5.75 Å². The molecule has 0 aliphatic heterocycles. The molecule has 0 fully saturated rings. The molecule has 4 heteroatoms. The highest BCUT2D eigenvalue weighted by molar-refractivity contribution is 5.75. The van der Waals surface area contributed by atoms with E-state index in [4.69, 9.17) is 9.47 Å². The molecule has 0 saturated heterocycles. The van der Waals surface area contributed by atoms with Gasteiger partial charge in [-0.15, -0.1) is 0 Å². The fourth-order valence-corrected chi connectivity index (χ4v) is 1.16. The van der Waals surface area contributed by atoms with Crippen LogP contribution < -0.4 is 9.47 Å². The second-order valence-corrected chi connectivity index (χ2v) is 2.77. The number of hydrogen-bond acceptors (Lipinski definition) is 4. The lowest BCUT2D eigenvalue weighted by Gasteiger charge is -2.09. The van der Waals surface area contributed by atoms with Gasteiger partial charge in [-0.2, -0.15) is 0 Å². The maximum Gasteiger partial charge on any atom is 0.200 e. The van der Waals surface area contributed by atoms with Crippen LogP contribution in [0.1, 0.15) is 5.56 Å². The second-order valence-electron chi connectivity index (χ2n) is 2.77. The van der Waals surface area contributed by atoms with Crippen LogP contribution >= 0.6 is 0 Å². The average molecular weight is 208 g/mol. The highest BCUT2D eigenvalue weighted by atomic mass is 16.5. The van der Waals surface area contributed by atoms with Crippen LogP contribution in [0.4, 0.5) is 0 Å². The normalized spacial score (nSPS) is 10.3. The van der Waals surface area contributed by atoms with Crippen LogP contribution in [0.25, 0.3) is 6.08 Å². The third-order valence-electron chi connectivity index (χ3n) is 1.87. The molecular formula is C11H12O4. The van der Waals surface area contributed by atoms with Crippen molar-refractivity contribution in [1.29, 1.82) is 0 Å². The van der Waals surface area contributed by atoms with Crippen LogP contribution in [0, 0.1) is 0 Å². The molecule has 1 aromatic carbocycles. The van der Waals surface area contributed by atoms with E-state index in [1.54, 1.807) is 18.2 Å². The lowest BCUT2D eigenvalue weighted by Crippen LogP contribution is -1.90. The number of aromatic hydroxyl groups is 1. The van der Waals surface area contributed by atoms with Gasteiger partial charge < -0.3 is 14.6 Å². The Morgan fingerprint density at radius 2 is 1.73 bits per heavy atom. The number of methoxy groups -OCH3 is 2. The quantitative estimate of drug-likeness (QED) is 0.603. The molecule has 15 heavy (non-hydrogen) atoms. The summed E-state index contributed by atoms with van der Waals surface area (Å²) in [4.78, 5) is 10.2. The molecule has 0 unspecified atom stereocenters. The molecular weight excluding hydrogens is 196 g/mol. The Labute approximate surface area is 87.7 Å². The molecule has 0 bridgehead atoms. The first-order valence-electron chi connectivity index (χ1n) is 4.29. The molecule has 0 aromatic heterocycles. The van der Waals surface area contributed by atoms with Crippen LogP contribution in [0.5, 0.6) is 17.2 Å². The molecule has 0 radical (unpaired) electrons. The lowest BCUT2D eigenvalue weighted by atomic mass is 10.1. The molecule has 1 N–H and O–H groups in total. The van der Waals surface area contributed by atoms with Crippen LogP contribution in [0.3, 0.4) is 0 Å². The number of hydrogen-bond donors (Lipinski definition) is 1. The molecule has 0 spiro atoms. The van der Waals surface area contributed by atoms with Crippen molar-refractivity contribution in [1.82, 2.24) is 0 Å². The Bertz CT molecular complexity index is 357. The summed E-state index contributed by atoms with van der Waals surface area (Å²) in [6.07, 6.45) is 3.62. The number of phenols is 1. The number of carbonyl (C=O) groups is 1. The molecule has 0 atom stereocenters. The van der Waals surface area contributed by atoms with E-state index < -0.39 is 0 Å². The molecule has 0 heterocycles. The summed E-state index contributed by atoms with van der Waals surface area (Å²) in [7, 11) is 2.89. The van der Waals surface area contributed by atoms with E-state index in [-0.39, 0.29) is 5.75 Å². The van der Waals surface area contributed by atoms with E-state index in [0.29, 0.717) is 23.3 Å². The topological polar surface area (TPSA) is 55.8 Å². The summed E-state index contributed by atoms with van der Waals surface area (Å²) >= 11 is 0. The van der Waals surface area contributed by atoms with E-state index in [1.165, 1.54) is 20.3 Å². The van der Waals surface area contributed by atoms with Crippen molar-refractivity contribution in [3.05, 3.63) is 23.8 Å². The van der Waals surface area contributed by atoms with Gasteiger partial charge in [-0.3, -0.25) is 4.79 Å². The first kappa shape index (κ1) is 11.1. The van der Waals surface area contributed by atoms with Gasteiger partial charge in [0.25, 0.3) is 0 Å². The van der Waals surface area contributed by atoms with E-state index in [1.807, 2.05) is 0 Å². The van der Waals surface area contributed by atoms with Gasteiger partial charge in [0.05, 0.1) is 14.2 Å². The van der Waals surface area contributed by atoms with Gasteiger partial charge in [0.15, 0.2) is 11.5 Å². The molecule has 0 aliphatic rings. The molecule has 80 valence electrons. The highest BCUT2D eigenvalue weighted by Gasteiger charge is 2.09. The predicted octanol–water partition coefficient (Wildman–Crippen LogP) is 1.62. The first-order chi connectivity index (χ1) is 7.22. The Balaban J connectivity index is 3.20. The summed E-state index contributed by atoms with van der Waals surface area (Å²) in [5.74, 6) is 0.558. The van der Waals surface area contributed by atoms with Gasteiger partial charge in [0, 0.05) is 0 Å². The summed E-state index contributed by atoms with van der Waals surface area (Å²) in [6, 6.07) is 3.22. The van der Waals surface area contributed by atoms with Crippen molar-refractivity contribution in [3.8, 4) is 17.2 Å². The first-order valence-corrected chi connectivity index (χ1v) is 4.29. The smallest absolute Gasteiger partial charge is 0.200 e. The molecule has 1 rings (SSSR count). The van der Waals surface area contributed by atoms with Crippen molar-refractivity contribution in [2.75, 3.05) is 14.2 Å². The average Bonchev–Trinajstić information content (AvgIpc) is 2.27. The minimum atomic E-state index is -0.0525.